The monoisotopic (exact) mass is 444 g/mol. The van der Waals surface area contributed by atoms with Gasteiger partial charge in [-0.15, -0.1) is 0 Å². The van der Waals surface area contributed by atoms with E-state index in [4.69, 9.17) is 9.47 Å². The second kappa shape index (κ2) is 7.26. The molecular weight excluding hydrogens is 424 g/mol. The van der Waals surface area contributed by atoms with E-state index in [1.807, 2.05) is 36.4 Å². The molecule has 0 spiro atoms. The summed E-state index contributed by atoms with van der Waals surface area (Å²) >= 11 is 0. The summed E-state index contributed by atoms with van der Waals surface area (Å²) in [7, 11) is 0. The van der Waals surface area contributed by atoms with Gasteiger partial charge >= 0.3 is 5.97 Å². The summed E-state index contributed by atoms with van der Waals surface area (Å²) in [5.41, 5.74) is 0. The lowest BCUT2D eigenvalue weighted by atomic mass is 9.91. The smallest absolute Gasteiger partial charge is 0.335 e. The molecule has 0 aromatic heterocycles. The number of aliphatic carboxylic acids is 1. The molecule has 7 nitrogen and oxygen atoms in total. The Morgan fingerprint density at radius 1 is 0.727 bits per heavy atom. The van der Waals surface area contributed by atoms with Crippen LogP contribution in [0.1, 0.15) is 0 Å². The molecular formula is C26H20O7. The van der Waals surface area contributed by atoms with E-state index in [1.165, 1.54) is 0 Å². The lowest BCUT2D eigenvalue weighted by Crippen LogP contribution is -2.61. The van der Waals surface area contributed by atoms with Crippen molar-refractivity contribution in [1.29, 1.82) is 0 Å². The van der Waals surface area contributed by atoms with E-state index in [1.54, 1.807) is 6.07 Å². The van der Waals surface area contributed by atoms with E-state index >= 15 is 0 Å². The molecule has 7 heteroatoms. The van der Waals surface area contributed by atoms with Crippen LogP contribution in [0.2, 0.25) is 0 Å². The van der Waals surface area contributed by atoms with Gasteiger partial charge < -0.3 is 29.9 Å². The number of aliphatic hydroxyl groups excluding tert-OH is 3. The Hall–Kier alpha value is -3.49. The third-order valence-electron chi connectivity index (χ3n) is 6.52. The third kappa shape index (κ3) is 2.94. The number of carbonyl (C=O) groups is 1. The van der Waals surface area contributed by atoms with Crippen LogP contribution < -0.4 is 4.74 Å². The van der Waals surface area contributed by atoms with E-state index in [0.717, 1.165) is 43.1 Å². The van der Waals surface area contributed by atoms with Crippen LogP contribution in [0, 0.1) is 0 Å². The van der Waals surface area contributed by atoms with E-state index in [-0.39, 0.29) is 0 Å². The van der Waals surface area contributed by atoms with Gasteiger partial charge in [0.05, 0.1) is 0 Å². The summed E-state index contributed by atoms with van der Waals surface area (Å²) in [5.74, 6) is -1.08. The Morgan fingerprint density at radius 2 is 1.42 bits per heavy atom. The number of ether oxygens (including phenoxy) is 2. The van der Waals surface area contributed by atoms with Crippen LogP contribution in [0.15, 0.2) is 66.7 Å². The number of hydrogen-bond acceptors (Lipinski definition) is 6. The Morgan fingerprint density at radius 3 is 2.24 bits per heavy atom. The lowest BCUT2D eigenvalue weighted by molar-refractivity contribution is -0.270. The van der Waals surface area contributed by atoms with Crippen molar-refractivity contribution < 1.29 is 34.7 Å². The zero-order valence-corrected chi connectivity index (χ0v) is 17.3. The molecule has 5 aromatic rings. The highest BCUT2D eigenvalue weighted by atomic mass is 16.7. The zero-order valence-electron chi connectivity index (χ0n) is 17.3. The molecule has 1 aliphatic heterocycles. The average Bonchev–Trinajstić information content (AvgIpc) is 2.82. The molecule has 6 rings (SSSR count). The standard InChI is InChI=1S/C26H20O7/c27-21-22(28)24(25(30)31)33-26(23(21)29)32-18-10-7-12-5-8-16-15-4-2-1-3-13(15)11-14-6-9-17(18)19(12)20(14)16/h1-11,21-24,26-29H,(H,30,31). The molecule has 0 radical (unpaired) electrons. The van der Waals surface area contributed by atoms with Gasteiger partial charge in [-0.05, 0) is 50.5 Å². The highest BCUT2D eigenvalue weighted by molar-refractivity contribution is 6.29. The number of carboxylic acid groups (broad SMARTS) is 1. The van der Waals surface area contributed by atoms with Crippen molar-refractivity contribution in [3.05, 3.63) is 66.7 Å². The topological polar surface area (TPSA) is 116 Å². The maximum atomic E-state index is 11.4. The predicted molar refractivity (Wildman–Crippen MR) is 123 cm³/mol. The SMILES string of the molecule is O=C(O)C1OC(Oc2ccc3ccc4c5ccccc5cc5ccc2c3c54)C(O)C(O)C1O. The van der Waals surface area contributed by atoms with E-state index in [2.05, 4.69) is 24.3 Å². The summed E-state index contributed by atoms with van der Waals surface area (Å²) in [4.78, 5) is 11.4. The fourth-order valence-electron chi connectivity index (χ4n) is 4.91. The largest absolute Gasteiger partial charge is 0.479 e. The van der Waals surface area contributed by atoms with Crippen molar-refractivity contribution >= 4 is 49.1 Å². The van der Waals surface area contributed by atoms with Gasteiger partial charge in [-0.1, -0.05) is 48.5 Å². The molecule has 1 heterocycles. The van der Waals surface area contributed by atoms with Gasteiger partial charge in [-0.3, -0.25) is 0 Å². The van der Waals surface area contributed by atoms with Crippen molar-refractivity contribution in [1.82, 2.24) is 0 Å². The van der Waals surface area contributed by atoms with Gasteiger partial charge in [0.2, 0.25) is 6.29 Å². The minimum Gasteiger partial charge on any atom is -0.479 e. The normalized spacial score (nSPS) is 25.8. The van der Waals surface area contributed by atoms with Gasteiger partial charge in [0, 0.05) is 10.8 Å². The van der Waals surface area contributed by atoms with Gasteiger partial charge in [0.15, 0.2) is 6.10 Å². The number of hydrogen-bond donors (Lipinski definition) is 4. The molecule has 0 bridgehead atoms. The summed E-state index contributed by atoms with van der Waals surface area (Å²) in [6.07, 6.45) is -8.32. The van der Waals surface area contributed by atoms with Gasteiger partial charge in [-0.2, -0.15) is 0 Å². The van der Waals surface area contributed by atoms with Crippen LogP contribution >= 0.6 is 0 Å². The molecule has 1 aliphatic rings. The minimum absolute atomic E-state index is 0.377. The first-order valence-electron chi connectivity index (χ1n) is 10.6. The number of benzene rings is 5. The van der Waals surface area contributed by atoms with Crippen LogP contribution in [0.5, 0.6) is 5.75 Å². The number of aliphatic hydroxyl groups is 3. The van der Waals surface area contributed by atoms with E-state index in [0.29, 0.717) is 5.75 Å². The Balaban J connectivity index is 1.51. The Bertz CT molecular complexity index is 1530. The first-order valence-corrected chi connectivity index (χ1v) is 10.6. The van der Waals surface area contributed by atoms with Crippen molar-refractivity contribution in [2.24, 2.45) is 0 Å². The molecule has 0 amide bonds. The molecule has 1 fully saturated rings. The summed E-state index contributed by atoms with van der Waals surface area (Å²) in [6.45, 7) is 0. The highest BCUT2D eigenvalue weighted by Crippen LogP contribution is 2.42. The van der Waals surface area contributed by atoms with Crippen LogP contribution in [-0.2, 0) is 9.53 Å². The fourth-order valence-corrected chi connectivity index (χ4v) is 4.91. The Kier molecular flexibility index (Phi) is 4.43. The molecule has 5 atom stereocenters. The molecule has 1 saturated heterocycles. The van der Waals surface area contributed by atoms with Gasteiger partial charge in [-0.25, -0.2) is 4.79 Å². The Labute approximate surface area is 187 Å². The van der Waals surface area contributed by atoms with Crippen LogP contribution in [0.25, 0.3) is 43.1 Å². The molecule has 4 N–H and O–H groups in total. The number of fused-ring (bicyclic) bond motifs is 2. The molecule has 0 aliphatic carbocycles. The third-order valence-corrected chi connectivity index (χ3v) is 6.52. The summed E-state index contributed by atoms with van der Waals surface area (Å²) < 4.78 is 11.2. The fraction of sp³-hybridized carbons (Fsp3) is 0.192. The maximum Gasteiger partial charge on any atom is 0.335 e. The average molecular weight is 444 g/mol. The van der Waals surface area contributed by atoms with Crippen molar-refractivity contribution in [3.63, 3.8) is 0 Å². The molecule has 5 unspecified atom stereocenters. The molecule has 5 aromatic carbocycles. The van der Waals surface area contributed by atoms with Gasteiger partial charge in [0.25, 0.3) is 0 Å². The van der Waals surface area contributed by atoms with E-state index in [9.17, 15) is 25.2 Å². The summed E-state index contributed by atoms with van der Waals surface area (Å²) in [6, 6.07) is 22.0. The van der Waals surface area contributed by atoms with Crippen LogP contribution in [0.3, 0.4) is 0 Å². The second-order valence-corrected chi connectivity index (χ2v) is 8.44. The molecule has 33 heavy (non-hydrogen) atoms. The van der Waals surface area contributed by atoms with E-state index < -0.39 is 36.7 Å². The van der Waals surface area contributed by atoms with Gasteiger partial charge in [0.1, 0.15) is 24.1 Å². The van der Waals surface area contributed by atoms with Crippen molar-refractivity contribution in [3.8, 4) is 5.75 Å². The van der Waals surface area contributed by atoms with Crippen molar-refractivity contribution in [2.75, 3.05) is 0 Å². The summed E-state index contributed by atoms with van der Waals surface area (Å²) in [5, 5.41) is 48.1. The quantitative estimate of drug-likeness (QED) is 0.250. The molecule has 0 saturated carbocycles. The minimum atomic E-state index is -1.77. The van der Waals surface area contributed by atoms with Crippen LogP contribution in [-0.4, -0.2) is 57.1 Å². The number of carboxylic acids is 1. The second-order valence-electron chi connectivity index (χ2n) is 8.44. The van der Waals surface area contributed by atoms with Crippen molar-refractivity contribution in [2.45, 2.75) is 30.7 Å². The highest BCUT2D eigenvalue weighted by Gasteiger charge is 2.48. The molecule has 166 valence electrons. The predicted octanol–water partition coefficient (Wildman–Crippen LogP) is 3.01. The zero-order chi connectivity index (χ0) is 22.9. The van der Waals surface area contributed by atoms with Crippen LogP contribution in [0.4, 0.5) is 0 Å². The first kappa shape index (κ1) is 20.1. The maximum absolute atomic E-state index is 11.4. The first-order chi connectivity index (χ1) is 15.9. The number of rotatable bonds is 3. The lowest BCUT2D eigenvalue weighted by Gasteiger charge is -2.38.